The number of carboxylic acid groups (broad SMARTS) is 1. The van der Waals surface area contributed by atoms with Crippen molar-refractivity contribution in [3.63, 3.8) is 0 Å². The van der Waals surface area contributed by atoms with Crippen LogP contribution in [0, 0.1) is 11.3 Å². The fourth-order valence-electron chi connectivity index (χ4n) is 1.83. The summed E-state index contributed by atoms with van der Waals surface area (Å²) in [4.78, 5) is 22.5. The van der Waals surface area contributed by atoms with Crippen LogP contribution in [0.3, 0.4) is 0 Å². The lowest BCUT2D eigenvalue weighted by Crippen LogP contribution is -2.36. The zero-order valence-electron chi connectivity index (χ0n) is 10.7. The normalized spacial score (nSPS) is 24.6. The van der Waals surface area contributed by atoms with Crippen molar-refractivity contribution in [2.24, 2.45) is 11.3 Å². The van der Waals surface area contributed by atoms with E-state index in [1.807, 2.05) is 6.92 Å². The summed E-state index contributed by atoms with van der Waals surface area (Å²) in [5, 5.41) is 11.7. The van der Waals surface area contributed by atoms with Gasteiger partial charge in [-0.1, -0.05) is 0 Å². The van der Waals surface area contributed by atoms with Gasteiger partial charge in [0.15, 0.2) is 0 Å². The summed E-state index contributed by atoms with van der Waals surface area (Å²) in [6.07, 6.45) is 1.12. The van der Waals surface area contributed by atoms with Gasteiger partial charge in [0.05, 0.1) is 11.5 Å². The first kappa shape index (κ1) is 14.0. The summed E-state index contributed by atoms with van der Waals surface area (Å²) in [6.45, 7) is 6.40. The first-order valence-corrected chi connectivity index (χ1v) is 5.94. The minimum atomic E-state index is -1.01. The first-order chi connectivity index (χ1) is 7.83. The summed E-state index contributed by atoms with van der Waals surface area (Å²) < 4.78 is 5.39. The highest BCUT2D eigenvalue weighted by Gasteiger charge is 2.31. The van der Waals surface area contributed by atoms with E-state index in [0.29, 0.717) is 12.5 Å². The van der Waals surface area contributed by atoms with Gasteiger partial charge in [0.25, 0.3) is 0 Å². The number of carbonyl (C=O) groups is 2. The van der Waals surface area contributed by atoms with Crippen LogP contribution in [0.5, 0.6) is 0 Å². The Kier molecular flexibility index (Phi) is 4.51. The highest BCUT2D eigenvalue weighted by molar-refractivity contribution is 5.84. The van der Waals surface area contributed by atoms with Crippen molar-refractivity contribution in [3.05, 3.63) is 0 Å². The molecule has 0 aromatic carbocycles. The third-order valence-electron chi connectivity index (χ3n) is 3.28. The number of amides is 1. The monoisotopic (exact) mass is 243 g/mol. The van der Waals surface area contributed by atoms with Crippen molar-refractivity contribution in [2.75, 3.05) is 13.2 Å². The fraction of sp³-hybridized carbons (Fsp3) is 0.833. The molecule has 1 saturated heterocycles. The standard InChI is InChI=1S/C12H21NO4/c1-8-9(4-5-17-8)7-13-10(14)6-12(2,3)11(15)16/h8-9H,4-7H2,1-3H3,(H,13,14)(H,15,16). The molecule has 0 saturated carbocycles. The number of carboxylic acids is 1. The lowest BCUT2D eigenvalue weighted by molar-refractivity contribution is -0.149. The summed E-state index contributed by atoms with van der Waals surface area (Å²) in [5.41, 5.74) is -1.01. The van der Waals surface area contributed by atoms with Crippen LogP contribution >= 0.6 is 0 Å². The van der Waals surface area contributed by atoms with Gasteiger partial charge in [0.2, 0.25) is 5.91 Å². The maximum Gasteiger partial charge on any atom is 0.309 e. The van der Waals surface area contributed by atoms with Crippen LogP contribution in [0.2, 0.25) is 0 Å². The average molecular weight is 243 g/mol. The van der Waals surface area contributed by atoms with Gasteiger partial charge in [-0.2, -0.15) is 0 Å². The maximum absolute atomic E-state index is 11.6. The van der Waals surface area contributed by atoms with E-state index in [2.05, 4.69) is 5.32 Å². The lowest BCUT2D eigenvalue weighted by Gasteiger charge is -2.20. The van der Waals surface area contributed by atoms with Gasteiger partial charge in [0.1, 0.15) is 0 Å². The molecule has 1 aliphatic rings. The van der Waals surface area contributed by atoms with E-state index in [0.717, 1.165) is 13.0 Å². The Morgan fingerprint density at radius 2 is 2.12 bits per heavy atom. The molecule has 5 nitrogen and oxygen atoms in total. The predicted octanol–water partition coefficient (Wildman–Crippen LogP) is 1.03. The zero-order valence-corrected chi connectivity index (χ0v) is 10.7. The second kappa shape index (κ2) is 5.49. The molecule has 0 bridgehead atoms. The van der Waals surface area contributed by atoms with E-state index in [9.17, 15) is 9.59 Å². The van der Waals surface area contributed by atoms with Crippen molar-refractivity contribution >= 4 is 11.9 Å². The molecule has 1 rings (SSSR count). The van der Waals surface area contributed by atoms with Crippen LogP contribution in [0.15, 0.2) is 0 Å². The Balaban J connectivity index is 2.33. The number of hydrogen-bond acceptors (Lipinski definition) is 3. The molecule has 5 heteroatoms. The van der Waals surface area contributed by atoms with Gasteiger partial charge in [0, 0.05) is 25.5 Å². The van der Waals surface area contributed by atoms with Crippen molar-refractivity contribution in [1.29, 1.82) is 0 Å². The van der Waals surface area contributed by atoms with E-state index in [-0.39, 0.29) is 18.4 Å². The molecule has 1 heterocycles. The second-order valence-corrected chi connectivity index (χ2v) is 5.29. The van der Waals surface area contributed by atoms with Crippen molar-refractivity contribution in [2.45, 2.75) is 39.7 Å². The van der Waals surface area contributed by atoms with Gasteiger partial charge in [-0.25, -0.2) is 0 Å². The first-order valence-electron chi connectivity index (χ1n) is 5.94. The van der Waals surface area contributed by atoms with Crippen LogP contribution < -0.4 is 5.32 Å². The largest absolute Gasteiger partial charge is 0.481 e. The Labute approximate surface area is 102 Å². The van der Waals surface area contributed by atoms with E-state index in [1.54, 1.807) is 13.8 Å². The molecule has 2 atom stereocenters. The molecule has 17 heavy (non-hydrogen) atoms. The van der Waals surface area contributed by atoms with Crippen LogP contribution in [-0.2, 0) is 14.3 Å². The molecule has 1 fully saturated rings. The number of aliphatic carboxylic acids is 1. The molecule has 98 valence electrons. The smallest absolute Gasteiger partial charge is 0.309 e. The van der Waals surface area contributed by atoms with Crippen LogP contribution in [0.4, 0.5) is 0 Å². The molecule has 0 aliphatic carbocycles. The molecule has 1 aliphatic heterocycles. The van der Waals surface area contributed by atoms with Crippen LogP contribution in [0.25, 0.3) is 0 Å². The van der Waals surface area contributed by atoms with Gasteiger partial charge < -0.3 is 15.2 Å². The molecule has 1 amide bonds. The average Bonchev–Trinajstić information content (AvgIpc) is 2.60. The third kappa shape index (κ3) is 4.00. The summed E-state index contributed by atoms with van der Waals surface area (Å²) in [6, 6.07) is 0. The maximum atomic E-state index is 11.6. The second-order valence-electron chi connectivity index (χ2n) is 5.29. The van der Waals surface area contributed by atoms with Gasteiger partial charge in [-0.15, -0.1) is 0 Å². The Hall–Kier alpha value is -1.10. The van der Waals surface area contributed by atoms with Crippen molar-refractivity contribution in [1.82, 2.24) is 5.32 Å². The van der Waals surface area contributed by atoms with E-state index < -0.39 is 11.4 Å². The van der Waals surface area contributed by atoms with Crippen LogP contribution in [0.1, 0.15) is 33.6 Å². The van der Waals surface area contributed by atoms with E-state index in [1.165, 1.54) is 0 Å². The van der Waals surface area contributed by atoms with Crippen LogP contribution in [-0.4, -0.2) is 36.2 Å². The summed E-state index contributed by atoms with van der Waals surface area (Å²) in [5.74, 6) is -0.825. The lowest BCUT2D eigenvalue weighted by atomic mass is 9.89. The summed E-state index contributed by atoms with van der Waals surface area (Å²) in [7, 11) is 0. The molecular formula is C12H21NO4. The molecule has 0 spiro atoms. The topological polar surface area (TPSA) is 75.6 Å². The third-order valence-corrected chi connectivity index (χ3v) is 3.28. The molecule has 2 unspecified atom stereocenters. The zero-order chi connectivity index (χ0) is 13.1. The molecule has 0 aromatic heterocycles. The quantitative estimate of drug-likeness (QED) is 0.756. The molecule has 0 aromatic rings. The predicted molar refractivity (Wildman–Crippen MR) is 62.6 cm³/mol. The Morgan fingerprint density at radius 1 is 1.47 bits per heavy atom. The number of ether oxygens (including phenoxy) is 1. The van der Waals surface area contributed by atoms with Crippen molar-refractivity contribution < 1.29 is 19.4 Å². The number of rotatable bonds is 5. The van der Waals surface area contributed by atoms with Gasteiger partial charge in [-0.05, 0) is 27.2 Å². The molecule has 2 N–H and O–H groups in total. The fourth-order valence-corrected chi connectivity index (χ4v) is 1.83. The number of carbonyl (C=O) groups excluding carboxylic acids is 1. The highest BCUT2D eigenvalue weighted by Crippen LogP contribution is 2.21. The van der Waals surface area contributed by atoms with Gasteiger partial charge >= 0.3 is 5.97 Å². The molecule has 0 radical (unpaired) electrons. The minimum absolute atomic E-state index is 0.00426. The molecular weight excluding hydrogens is 222 g/mol. The van der Waals surface area contributed by atoms with E-state index >= 15 is 0 Å². The minimum Gasteiger partial charge on any atom is -0.481 e. The SMILES string of the molecule is CC1OCCC1CNC(=O)CC(C)(C)C(=O)O. The number of nitrogens with one attached hydrogen (secondary N) is 1. The summed E-state index contributed by atoms with van der Waals surface area (Å²) >= 11 is 0. The van der Waals surface area contributed by atoms with Gasteiger partial charge in [-0.3, -0.25) is 9.59 Å². The Morgan fingerprint density at radius 3 is 2.59 bits per heavy atom. The van der Waals surface area contributed by atoms with E-state index in [4.69, 9.17) is 9.84 Å². The highest BCUT2D eigenvalue weighted by atomic mass is 16.5. The Bertz CT molecular complexity index is 301. The number of hydrogen-bond donors (Lipinski definition) is 2. The van der Waals surface area contributed by atoms with Crippen molar-refractivity contribution in [3.8, 4) is 0 Å².